The number of nitrogens with two attached hydrogens (primary N) is 1. The highest BCUT2D eigenvalue weighted by atomic mass is 79.9. The molecule has 0 amide bonds. The molecule has 0 aromatic rings. The Balaban J connectivity index is 0. The molecule has 0 bridgehead atoms. The summed E-state index contributed by atoms with van der Waals surface area (Å²) in [5.41, 5.74) is 5.84. The van der Waals surface area contributed by atoms with Crippen molar-refractivity contribution in [3.8, 4) is 0 Å². The smallest absolute Gasteiger partial charge is 0.103 e. The number of hydrogen-bond donors (Lipinski definition) is 1. The van der Waals surface area contributed by atoms with Crippen molar-refractivity contribution in [3.63, 3.8) is 0 Å². The molecule has 0 aromatic heterocycles. The van der Waals surface area contributed by atoms with Gasteiger partial charge in [0.2, 0.25) is 0 Å². The summed E-state index contributed by atoms with van der Waals surface area (Å²) < 4.78 is 6.07. The van der Waals surface area contributed by atoms with Crippen LogP contribution in [0.1, 0.15) is 92.4 Å². The van der Waals surface area contributed by atoms with Gasteiger partial charge in [0.15, 0.2) is 0 Å². The molecule has 0 spiro atoms. The first-order valence-corrected chi connectivity index (χ1v) is 8.45. The van der Waals surface area contributed by atoms with Crippen LogP contribution in [-0.4, -0.2) is 11.8 Å². The predicted octanol–water partition coefficient (Wildman–Crippen LogP) is 5.83. The Morgan fingerprint density at radius 2 is 1.40 bits per heavy atom. The number of halogens is 1. The normalized spacial score (nSPS) is 14.7. The van der Waals surface area contributed by atoms with Gasteiger partial charge in [-0.1, -0.05) is 66.2 Å². The Labute approximate surface area is 138 Å². The molecule has 0 rings (SSSR count). The van der Waals surface area contributed by atoms with Crippen molar-refractivity contribution in [2.75, 3.05) is 0 Å². The van der Waals surface area contributed by atoms with Crippen LogP contribution < -0.4 is 5.73 Å². The Morgan fingerprint density at radius 1 is 0.900 bits per heavy atom. The summed E-state index contributed by atoms with van der Waals surface area (Å²) in [7, 11) is 0. The summed E-state index contributed by atoms with van der Waals surface area (Å²) in [6.45, 7) is 11.0. The van der Waals surface area contributed by atoms with Gasteiger partial charge in [-0.15, -0.1) is 17.0 Å². The van der Waals surface area contributed by atoms with Crippen molar-refractivity contribution in [2.45, 2.75) is 104 Å². The zero-order valence-corrected chi connectivity index (χ0v) is 16.1. The fourth-order valence-electron chi connectivity index (χ4n) is 3.09. The van der Waals surface area contributed by atoms with E-state index in [1.54, 1.807) is 0 Å². The molecule has 0 heterocycles. The highest BCUT2D eigenvalue weighted by Gasteiger charge is 2.34. The van der Waals surface area contributed by atoms with Gasteiger partial charge in [0.25, 0.3) is 0 Å². The third-order valence-electron chi connectivity index (χ3n) is 4.51. The van der Waals surface area contributed by atoms with Gasteiger partial charge in [-0.3, -0.25) is 0 Å². The van der Waals surface area contributed by atoms with Crippen LogP contribution in [-0.2, 0) is 4.74 Å². The molecule has 2 atom stereocenters. The molecule has 2 N–H and O–H groups in total. The average Bonchev–Trinajstić information content (AvgIpc) is 2.39. The van der Waals surface area contributed by atoms with Crippen LogP contribution in [0.5, 0.6) is 0 Å². The molecule has 2 nitrogen and oxygen atoms in total. The van der Waals surface area contributed by atoms with E-state index in [-0.39, 0.29) is 28.8 Å². The Morgan fingerprint density at radius 3 is 1.85 bits per heavy atom. The summed E-state index contributed by atoms with van der Waals surface area (Å²) in [5.74, 6) is 0.597. The summed E-state index contributed by atoms with van der Waals surface area (Å²) in [6, 6.07) is 0. The highest BCUT2D eigenvalue weighted by Crippen LogP contribution is 2.33. The van der Waals surface area contributed by atoms with Crippen molar-refractivity contribution < 1.29 is 4.74 Å². The largest absolute Gasteiger partial charge is 0.357 e. The van der Waals surface area contributed by atoms with Crippen LogP contribution in [0.4, 0.5) is 0 Å². The fourth-order valence-corrected chi connectivity index (χ4v) is 3.09. The van der Waals surface area contributed by atoms with Crippen molar-refractivity contribution in [2.24, 2.45) is 11.7 Å². The fraction of sp³-hybridized carbons (Fsp3) is 1.00. The highest BCUT2D eigenvalue weighted by molar-refractivity contribution is 8.93. The molecule has 0 aliphatic rings. The van der Waals surface area contributed by atoms with Crippen LogP contribution in [0, 0.1) is 5.92 Å². The standard InChI is InChI=1S/C17H37NO.BrH/c1-6-9-10-11-12-13-14-15(4)17(7-2,8-3)19-16(5)18;/h15-16H,6-14,18H2,1-5H3;1H. The van der Waals surface area contributed by atoms with Gasteiger partial charge in [-0.2, -0.15) is 0 Å². The zero-order chi connectivity index (χ0) is 14.7. The first-order valence-electron chi connectivity index (χ1n) is 8.45. The maximum atomic E-state index is 6.07. The van der Waals surface area contributed by atoms with Crippen LogP contribution in [0.25, 0.3) is 0 Å². The number of rotatable bonds is 12. The van der Waals surface area contributed by atoms with Crippen molar-refractivity contribution >= 4 is 17.0 Å². The summed E-state index contributed by atoms with van der Waals surface area (Å²) >= 11 is 0. The zero-order valence-electron chi connectivity index (χ0n) is 14.4. The molecule has 0 aliphatic carbocycles. The van der Waals surface area contributed by atoms with Crippen LogP contribution >= 0.6 is 17.0 Å². The van der Waals surface area contributed by atoms with E-state index >= 15 is 0 Å². The van der Waals surface area contributed by atoms with E-state index in [0.717, 1.165) is 12.8 Å². The van der Waals surface area contributed by atoms with Crippen LogP contribution in [0.15, 0.2) is 0 Å². The number of hydrogen-bond acceptors (Lipinski definition) is 2. The average molecular weight is 352 g/mol. The van der Waals surface area contributed by atoms with E-state index in [9.17, 15) is 0 Å². The third-order valence-corrected chi connectivity index (χ3v) is 4.51. The quantitative estimate of drug-likeness (QED) is 0.354. The van der Waals surface area contributed by atoms with Gasteiger partial charge >= 0.3 is 0 Å². The molecule has 0 saturated carbocycles. The molecule has 0 radical (unpaired) electrons. The third kappa shape index (κ3) is 8.63. The molecule has 0 aromatic carbocycles. The topological polar surface area (TPSA) is 35.2 Å². The van der Waals surface area contributed by atoms with Crippen molar-refractivity contribution in [1.29, 1.82) is 0 Å². The summed E-state index contributed by atoms with van der Waals surface area (Å²) in [5, 5.41) is 0. The van der Waals surface area contributed by atoms with Crippen LogP contribution in [0.2, 0.25) is 0 Å². The maximum absolute atomic E-state index is 6.07. The number of unbranched alkanes of at least 4 members (excludes halogenated alkanes) is 5. The summed E-state index contributed by atoms with van der Waals surface area (Å²) in [6.07, 6.45) is 11.4. The minimum Gasteiger partial charge on any atom is -0.357 e. The van der Waals surface area contributed by atoms with Gasteiger partial charge in [0, 0.05) is 0 Å². The molecule has 0 aliphatic heterocycles. The second-order valence-corrected chi connectivity index (χ2v) is 6.05. The van der Waals surface area contributed by atoms with E-state index in [2.05, 4.69) is 27.7 Å². The Hall–Kier alpha value is 0.400. The van der Waals surface area contributed by atoms with Crippen molar-refractivity contribution in [3.05, 3.63) is 0 Å². The van der Waals surface area contributed by atoms with Gasteiger partial charge in [-0.05, 0) is 32.1 Å². The SMILES string of the molecule is Br.CCCCCCCCC(C)C(CC)(CC)OC(C)N. The van der Waals surface area contributed by atoms with E-state index in [1.807, 2.05) is 6.92 Å². The molecule has 0 fully saturated rings. The second kappa shape index (κ2) is 13.1. The monoisotopic (exact) mass is 351 g/mol. The lowest BCUT2D eigenvalue weighted by atomic mass is 9.80. The first kappa shape index (κ1) is 22.7. The predicted molar refractivity (Wildman–Crippen MR) is 95.5 cm³/mol. The van der Waals surface area contributed by atoms with E-state index in [1.165, 1.54) is 44.9 Å². The molecule has 20 heavy (non-hydrogen) atoms. The van der Waals surface area contributed by atoms with E-state index in [4.69, 9.17) is 10.5 Å². The first-order chi connectivity index (χ1) is 9.02. The number of ether oxygens (including phenoxy) is 1. The van der Waals surface area contributed by atoms with E-state index in [0.29, 0.717) is 5.92 Å². The minimum absolute atomic E-state index is 0. The minimum atomic E-state index is -0.160. The molecule has 0 saturated heterocycles. The van der Waals surface area contributed by atoms with Gasteiger partial charge in [0.05, 0.1) is 5.60 Å². The lowest BCUT2D eigenvalue weighted by Gasteiger charge is -2.39. The van der Waals surface area contributed by atoms with Gasteiger partial charge in [-0.25, -0.2) is 0 Å². The lowest BCUT2D eigenvalue weighted by Crippen LogP contribution is -2.43. The molecule has 2 unspecified atom stereocenters. The molecule has 124 valence electrons. The Bertz CT molecular complexity index is 205. The van der Waals surface area contributed by atoms with Crippen LogP contribution in [0.3, 0.4) is 0 Å². The molecular weight excluding hydrogens is 314 g/mol. The molecular formula is C17H38BrNO. The van der Waals surface area contributed by atoms with E-state index < -0.39 is 0 Å². The lowest BCUT2D eigenvalue weighted by molar-refractivity contribution is -0.123. The Kier molecular flexibility index (Phi) is 14.8. The van der Waals surface area contributed by atoms with Gasteiger partial charge in [0.1, 0.15) is 6.23 Å². The van der Waals surface area contributed by atoms with Gasteiger partial charge < -0.3 is 10.5 Å². The second-order valence-electron chi connectivity index (χ2n) is 6.05. The van der Waals surface area contributed by atoms with Crippen molar-refractivity contribution in [1.82, 2.24) is 0 Å². The maximum Gasteiger partial charge on any atom is 0.103 e. The summed E-state index contributed by atoms with van der Waals surface area (Å²) in [4.78, 5) is 0. The molecule has 3 heteroatoms.